The summed E-state index contributed by atoms with van der Waals surface area (Å²) in [6.07, 6.45) is -29.7. The number of carbonyl (C=O) groups excluding carboxylic acids is 12. The molecule has 2 N–H and O–H groups in total. The van der Waals surface area contributed by atoms with E-state index < -0.39 is 219 Å². The standard InChI is InChI=1S/C59H82N2O30/c1-17-41(78-32(9)66)25(2)46-26(3)42(79-33(10)67)22-59(90-46,58(73)74-16)91-52-49(81-35(12)69)44(24-76-31(8)65)87-57(54(52)84-38(15)72)88-48-43(23-75-30(7)64)86-55(85-40-20-18-39(19-21-40)60-28(5)62)45(61-29(6)63)50(48)89-56-53(83-37(14)71)51(82-36(13)70)47(27(4)77-56)80-34(11)68/h18-21,25-27,41-57H,17,22-24H2,1-16H3,(H,60,62)(H,61,63)/t25-,26?,27?,41-,42?,43?,44?,45?,46?,47?,48?,49?,50?,51?,52?,53?,54?,55?,56?,57?,59?/m1/s1. The van der Waals surface area contributed by atoms with Crippen LogP contribution in [0.25, 0.3) is 0 Å². The molecule has 5 rings (SSSR count). The summed E-state index contributed by atoms with van der Waals surface area (Å²) in [6.45, 7) is 16.5. The Labute approximate surface area is 524 Å². The molecule has 32 heteroatoms. The number of rotatable bonds is 25. The fourth-order valence-corrected chi connectivity index (χ4v) is 11.1. The summed E-state index contributed by atoms with van der Waals surface area (Å²) in [6, 6.07) is 4.06. The molecular formula is C59H82N2O30. The van der Waals surface area contributed by atoms with E-state index >= 15 is 0 Å². The SMILES string of the molecule is CC[C@@H](OC(C)=O)[C@@H](C)C1OC(OC2C(OC(C)=O)C(COC(C)=O)OC(OC3C(COC(C)=O)OC(Oc4ccc(NC(C)=O)cc4)C(NC(C)=O)C3OC3OC(C)C(OC(C)=O)C(OC(C)=O)C3OC(C)=O)C2OC(C)=O)(C(=O)OC)CC(OC(C)=O)C1C. The number of nitrogens with one attached hydrogen (secondary N) is 2. The molecule has 0 radical (unpaired) electrons. The topological polar surface area (TPSA) is 395 Å². The zero-order valence-electron chi connectivity index (χ0n) is 53.4. The molecule has 4 saturated heterocycles. The fourth-order valence-electron chi connectivity index (χ4n) is 11.1. The molecule has 4 heterocycles. The zero-order chi connectivity index (χ0) is 67.9. The number of methoxy groups -OCH3 is 1. The van der Waals surface area contributed by atoms with Crippen molar-refractivity contribution in [2.45, 2.75) is 233 Å². The summed E-state index contributed by atoms with van der Waals surface area (Å²) in [5.41, 5.74) is 0.338. The van der Waals surface area contributed by atoms with Gasteiger partial charge in [-0.1, -0.05) is 20.8 Å². The minimum Gasteiger partial charge on any atom is -0.465 e. The molecule has 2 amide bonds. The number of ether oxygens (including phenoxy) is 18. The molecule has 4 aliphatic heterocycles. The molecular weight excluding hydrogens is 1220 g/mol. The maximum absolute atomic E-state index is 14.8. The highest BCUT2D eigenvalue weighted by Crippen LogP contribution is 2.45. The summed E-state index contributed by atoms with van der Waals surface area (Å²) < 4.78 is 110. The first-order valence-corrected chi connectivity index (χ1v) is 29.2. The molecule has 4 fully saturated rings. The van der Waals surface area contributed by atoms with Gasteiger partial charge in [-0.3, -0.25) is 52.7 Å². The van der Waals surface area contributed by atoms with Crippen LogP contribution in [-0.2, 0) is 138 Å². The van der Waals surface area contributed by atoms with Crippen LogP contribution >= 0.6 is 0 Å². The number of carbonyl (C=O) groups is 12. The Balaban J connectivity index is 1.84. The minimum atomic E-state index is -2.79. The smallest absolute Gasteiger partial charge is 0.366 e. The van der Waals surface area contributed by atoms with Crippen molar-refractivity contribution < 1.29 is 143 Å². The molecule has 32 nitrogen and oxygen atoms in total. The number of hydrogen-bond acceptors (Lipinski definition) is 30. The van der Waals surface area contributed by atoms with Crippen molar-refractivity contribution in [1.29, 1.82) is 0 Å². The Morgan fingerprint density at radius 1 is 0.549 bits per heavy atom. The largest absolute Gasteiger partial charge is 0.465 e. The fraction of sp³-hybridized carbons (Fsp3) is 0.695. The first kappa shape index (κ1) is 74.1. The van der Waals surface area contributed by atoms with Gasteiger partial charge in [0.25, 0.3) is 5.79 Å². The highest BCUT2D eigenvalue weighted by atomic mass is 16.8. The van der Waals surface area contributed by atoms with Crippen LogP contribution < -0.4 is 15.4 Å². The van der Waals surface area contributed by atoms with Crippen molar-refractivity contribution in [2.24, 2.45) is 11.8 Å². The van der Waals surface area contributed by atoms with Crippen molar-refractivity contribution >= 4 is 77.2 Å². The van der Waals surface area contributed by atoms with E-state index in [1.54, 1.807) is 20.8 Å². The van der Waals surface area contributed by atoms with Crippen LogP contribution in [0, 0.1) is 11.8 Å². The predicted octanol–water partition coefficient (Wildman–Crippen LogP) is 1.87. The van der Waals surface area contributed by atoms with Gasteiger partial charge in [-0.25, -0.2) is 4.79 Å². The van der Waals surface area contributed by atoms with Gasteiger partial charge in [0.2, 0.25) is 18.1 Å². The number of anilines is 1. The van der Waals surface area contributed by atoms with E-state index in [1.807, 2.05) is 0 Å². The summed E-state index contributed by atoms with van der Waals surface area (Å²) in [5.74, 6) is -15.2. The Morgan fingerprint density at radius 2 is 1.03 bits per heavy atom. The Morgan fingerprint density at radius 3 is 1.53 bits per heavy atom. The van der Waals surface area contributed by atoms with Crippen LogP contribution in [0.15, 0.2) is 24.3 Å². The average molecular weight is 1300 g/mol. The average Bonchev–Trinajstić information content (AvgIpc) is 0.776. The number of esters is 10. The molecule has 0 bridgehead atoms. The Hall–Kier alpha value is -7.62. The van der Waals surface area contributed by atoms with Gasteiger partial charge in [-0.2, -0.15) is 0 Å². The van der Waals surface area contributed by atoms with Crippen LogP contribution in [0.1, 0.15) is 117 Å². The van der Waals surface area contributed by atoms with Gasteiger partial charge in [-0.05, 0) is 37.6 Å². The minimum absolute atomic E-state index is 0.0247. The summed E-state index contributed by atoms with van der Waals surface area (Å²) in [7, 11) is 0.970. The lowest BCUT2D eigenvalue weighted by molar-refractivity contribution is -0.390. The van der Waals surface area contributed by atoms with Gasteiger partial charge in [0.1, 0.15) is 67.7 Å². The third kappa shape index (κ3) is 20.4. The normalized spacial score (nSPS) is 31.8. The van der Waals surface area contributed by atoms with Gasteiger partial charge >= 0.3 is 59.7 Å². The van der Waals surface area contributed by atoms with Gasteiger partial charge < -0.3 is 95.9 Å². The maximum Gasteiger partial charge on any atom is 0.366 e. The number of hydrogen-bond donors (Lipinski definition) is 2. The molecule has 508 valence electrons. The molecule has 0 aliphatic carbocycles. The molecule has 1 aromatic rings. The van der Waals surface area contributed by atoms with Gasteiger partial charge in [-0.15, -0.1) is 0 Å². The van der Waals surface area contributed by atoms with Crippen LogP contribution in [0.4, 0.5) is 5.69 Å². The second kappa shape index (κ2) is 33.1. The summed E-state index contributed by atoms with van der Waals surface area (Å²) in [5, 5.41) is 5.33. The summed E-state index contributed by atoms with van der Waals surface area (Å²) >= 11 is 0. The Kier molecular flexibility index (Phi) is 27.0. The third-order valence-corrected chi connectivity index (χ3v) is 14.6. The second-order valence-corrected chi connectivity index (χ2v) is 22.1. The highest BCUT2D eigenvalue weighted by molar-refractivity contribution is 5.88. The number of benzene rings is 1. The monoisotopic (exact) mass is 1300 g/mol. The molecule has 91 heavy (non-hydrogen) atoms. The molecule has 19 unspecified atom stereocenters. The molecule has 4 aliphatic rings. The van der Waals surface area contributed by atoms with Crippen molar-refractivity contribution in [2.75, 3.05) is 25.6 Å². The van der Waals surface area contributed by atoms with Gasteiger partial charge in [0, 0.05) is 93.7 Å². The summed E-state index contributed by atoms with van der Waals surface area (Å²) in [4.78, 5) is 157. The Bertz CT molecular complexity index is 2780. The number of amides is 2. The first-order chi connectivity index (χ1) is 42.7. The second-order valence-electron chi connectivity index (χ2n) is 22.1. The van der Waals surface area contributed by atoms with Crippen molar-refractivity contribution in [3.63, 3.8) is 0 Å². The van der Waals surface area contributed by atoms with E-state index in [4.69, 9.17) is 85.3 Å². The van der Waals surface area contributed by atoms with Crippen molar-refractivity contribution in [3.8, 4) is 5.75 Å². The van der Waals surface area contributed by atoms with Crippen molar-refractivity contribution in [1.82, 2.24) is 5.32 Å². The van der Waals surface area contributed by atoms with Gasteiger partial charge in [0.05, 0.1) is 25.7 Å². The molecule has 1 aromatic carbocycles. The third-order valence-electron chi connectivity index (χ3n) is 14.6. The lowest BCUT2D eigenvalue weighted by Crippen LogP contribution is -2.71. The molecule has 21 atom stereocenters. The quantitative estimate of drug-likeness (QED) is 0.104. The molecule has 0 spiro atoms. The first-order valence-electron chi connectivity index (χ1n) is 29.2. The maximum atomic E-state index is 14.8. The highest BCUT2D eigenvalue weighted by Gasteiger charge is 2.63. The molecule has 0 aromatic heterocycles. The van der Waals surface area contributed by atoms with Crippen LogP contribution in [0.3, 0.4) is 0 Å². The molecule has 0 saturated carbocycles. The van der Waals surface area contributed by atoms with E-state index in [2.05, 4.69) is 10.6 Å². The lowest BCUT2D eigenvalue weighted by Gasteiger charge is -2.53. The van der Waals surface area contributed by atoms with E-state index in [9.17, 15) is 57.5 Å². The van der Waals surface area contributed by atoms with E-state index in [0.717, 1.165) is 69.4 Å². The van der Waals surface area contributed by atoms with E-state index in [0.29, 0.717) is 5.69 Å². The predicted molar refractivity (Wildman–Crippen MR) is 300 cm³/mol. The zero-order valence-corrected chi connectivity index (χ0v) is 53.4. The van der Waals surface area contributed by atoms with E-state index in [1.165, 1.54) is 45.0 Å². The van der Waals surface area contributed by atoms with Gasteiger partial charge in [0.15, 0.2) is 43.1 Å². The van der Waals surface area contributed by atoms with Crippen molar-refractivity contribution in [3.05, 3.63) is 24.3 Å². The van der Waals surface area contributed by atoms with Crippen LogP contribution in [0.5, 0.6) is 5.75 Å². The van der Waals surface area contributed by atoms with Crippen LogP contribution in [0.2, 0.25) is 0 Å². The van der Waals surface area contributed by atoms with E-state index in [-0.39, 0.29) is 12.2 Å². The van der Waals surface area contributed by atoms with Crippen LogP contribution in [-0.4, -0.2) is 208 Å². The lowest BCUT2D eigenvalue weighted by atomic mass is 9.80.